The summed E-state index contributed by atoms with van der Waals surface area (Å²) in [4.78, 5) is 0. The molecule has 1 rings (SSSR count). The Morgan fingerprint density at radius 3 is 2.47 bits per heavy atom. The van der Waals surface area contributed by atoms with Crippen molar-refractivity contribution in [3.05, 3.63) is 29.8 Å². The molecule has 0 aromatic heterocycles. The van der Waals surface area contributed by atoms with Crippen LogP contribution in [0.4, 0.5) is 0 Å². The maximum Gasteiger partial charge on any atom is 0.115 e. The number of hydrogen-bond acceptors (Lipinski definition) is 3. The maximum atomic E-state index is 9.15. The molecule has 0 spiro atoms. The third kappa shape index (κ3) is 4.32. The Bertz CT molecular complexity index is 293. The Kier molecular flexibility index (Phi) is 4.12. The molecule has 0 aliphatic heterocycles. The van der Waals surface area contributed by atoms with Crippen LogP contribution in [0.1, 0.15) is 18.9 Å². The van der Waals surface area contributed by atoms with Crippen LogP contribution in [-0.4, -0.2) is 24.4 Å². The molecule has 3 N–H and O–H groups in total. The maximum absolute atomic E-state index is 9.15. The van der Waals surface area contributed by atoms with Gasteiger partial charge in [-0.3, -0.25) is 0 Å². The molecule has 0 aliphatic carbocycles. The molecule has 15 heavy (non-hydrogen) atoms. The molecular weight excluding hydrogens is 190 g/mol. The van der Waals surface area contributed by atoms with Crippen LogP contribution in [0.3, 0.4) is 0 Å². The molecule has 3 nitrogen and oxygen atoms in total. The molecule has 1 aromatic rings. The van der Waals surface area contributed by atoms with Crippen molar-refractivity contribution in [2.24, 2.45) is 5.73 Å². The van der Waals surface area contributed by atoms with E-state index in [1.165, 1.54) is 0 Å². The number of ether oxygens (including phenoxy) is 1. The highest BCUT2D eigenvalue weighted by atomic mass is 16.5. The molecule has 0 radical (unpaired) electrons. The average Bonchev–Trinajstić information content (AvgIpc) is 2.18. The molecular formula is C12H19NO2. The summed E-state index contributed by atoms with van der Waals surface area (Å²) < 4.78 is 5.01. The van der Waals surface area contributed by atoms with Gasteiger partial charge in [-0.25, -0.2) is 0 Å². The topological polar surface area (TPSA) is 55.5 Å². The zero-order chi connectivity index (χ0) is 11.3. The van der Waals surface area contributed by atoms with Crippen molar-refractivity contribution in [1.29, 1.82) is 0 Å². The number of aromatic hydroxyl groups is 1. The van der Waals surface area contributed by atoms with E-state index in [4.69, 9.17) is 15.6 Å². The van der Waals surface area contributed by atoms with Crippen LogP contribution in [0.15, 0.2) is 24.3 Å². The predicted octanol–water partition coefficient (Wildman–Crippen LogP) is 1.69. The molecule has 1 atom stereocenters. The summed E-state index contributed by atoms with van der Waals surface area (Å²) in [6, 6.07) is 7.16. The van der Waals surface area contributed by atoms with Crippen LogP contribution >= 0.6 is 0 Å². The lowest BCUT2D eigenvalue weighted by atomic mass is 9.91. The number of benzene rings is 1. The summed E-state index contributed by atoms with van der Waals surface area (Å²) in [6.45, 7) is 2.68. The van der Waals surface area contributed by atoms with Crippen molar-refractivity contribution in [2.45, 2.75) is 25.3 Å². The van der Waals surface area contributed by atoms with Crippen LogP contribution in [0, 0.1) is 0 Å². The molecule has 1 unspecified atom stereocenters. The fourth-order valence-electron chi connectivity index (χ4n) is 1.50. The van der Waals surface area contributed by atoms with Crippen LogP contribution < -0.4 is 5.73 Å². The molecule has 0 saturated carbocycles. The lowest BCUT2D eigenvalue weighted by Gasteiger charge is -2.24. The minimum atomic E-state index is -0.257. The first-order valence-corrected chi connectivity index (χ1v) is 5.09. The fourth-order valence-corrected chi connectivity index (χ4v) is 1.50. The Morgan fingerprint density at radius 1 is 1.33 bits per heavy atom. The van der Waals surface area contributed by atoms with Gasteiger partial charge < -0.3 is 15.6 Å². The van der Waals surface area contributed by atoms with Gasteiger partial charge in [-0.2, -0.15) is 0 Å². The van der Waals surface area contributed by atoms with Crippen molar-refractivity contribution in [3.8, 4) is 5.75 Å². The second-order valence-corrected chi connectivity index (χ2v) is 4.24. The Balaban J connectivity index is 2.56. The Hall–Kier alpha value is -1.06. The van der Waals surface area contributed by atoms with E-state index in [0.29, 0.717) is 6.61 Å². The third-order valence-electron chi connectivity index (χ3n) is 2.42. The second kappa shape index (κ2) is 5.14. The molecule has 0 aliphatic rings. The average molecular weight is 209 g/mol. The summed E-state index contributed by atoms with van der Waals surface area (Å²) in [7, 11) is 1.68. The van der Waals surface area contributed by atoms with E-state index in [9.17, 15) is 0 Å². The molecule has 1 aromatic carbocycles. The van der Waals surface area contributed by atoms with Crippen molar-refractivity contribution < 1.29 is 9.84 Å². The quantitative estimate of drug-likeness (QED) is 0.776. The number of rotatable bonds is 5. The smallest absolute Gasteiger partial charge is 0.115 e. The number of methoxy groups -OCH3 is 1. The zero-order valence-corrected chi connectivity index (χ0v) is 9.36. The molecule has 0 heterocycles. The fraction of sp³-hybridized carbons (Fsp3) is 0.500. The van der Waals surface area contributed by atoms with Crippen LogP contribution in [0.5, 0.6) is 5.75 Å². The van der Waals surface area contributed by atoms with Crippen LogP contribution in [0.25, 0.3) is 0 Å². The Labute approximate surface area is 90.9 Å². The van der Waals surface area contributed by atoms with E-state index in [-0.39, 0.29) is 11.3 Å². The van der Waals surface area contributed by atoms with Crippen LogP contribution in [-0.2, 0) is 11.2 Å². The second-order valence-electron chi connectivity index (χ2n) is 4.24. The first-order valence-electron chi connectivity index (χ1n) is 5.09. The summed E-state index contributed by atoms with van der Waals surface area (Å²) in [5, 5.41) is 9.15. The van der Waals surface area contributed by atoms with Gasteiger partial charge >= 0.3 is 0 Å². The van der Waals surface area contributed by atoms with Crippen molar-refractivity contribution in [3.63, 3.8) is 0 Å². The van der Waals surface area contributed by atoms with E-state index in [1.54, 1.807) is 19.2 Å². The lowest BCUT2D eigenvalue weighted by Crippen LogP contribution is -2.39. The van der Waals surface area contributed by atoms with Crippen molar-refractivity contribution in [1.82, 2.24) is 0 Å². The van der Waals surface area contributed by atoms with E-state index in [2.05, 4.69) is 0 Å². The zero-order valence-electron chi connectivity index (χ0n) is 9.36. The highest BCUT2D eigenvalue weighted by Gasteiger charge is 2.18. The minimum Gasteiger partial charge on any atom is -0.508 e. The standard InChI is InChI=1S/C12H19NO2/c1-12(13,7-8-15-2)9-10-3-5-11(14)6-4-10/h3-6,14H,7-9,13H2,1-2H3. The highest BCUT2D eigenvalue weighted by molar-refractivity contribution is 5.27. The van der Waals surface area contributed by atoms with Crippen molar-refractivity contribution >= 4 is 0 Å². The van der Waals surface area contributed by atoms with Gasteiger partial charge in [-0.05, 0) is 37.5 Å². The van der Waals surface area contributed by atoms with Gasteiger partial charge in [0.2, 0.25) is 0 Å². The van der Waals surface area contributed by atoms with Gasteiger partial charge in [0.1, 0.15) is 5.75 Å². The first kappa shape index (κ1) is 12.0. The largest absolute Gasteiger partial charge is 0.508 e. The van der Waals surface area contributed by atoms with Gasteiger partial charge in [0.25, 0.3) is 0 Å². The van der Waals surface area contributed by atoms with E-state index >= 15 is 0 Å². The molecule has 0 amide bonds. The SMILES string of the molecule is COCCC(C)(N)Cc1ccc(O)cc1. The monoisotopic (exact) mass is 209 g/mol. The number of phenols is 1. The van der Waals surface area contributed by atoms with Crippen molar-refractivity contribution in [2.75, 3.05) is 13.7 Å². The van der Waals surface area contributed by atoms with E-state index in [0.717, 1.165) is 18.4 Å². The number of hydrogen-bond donors (Lipinski definition) is 2. The minimum absolute atomic E-state index is 0.257. The van der Waals surface area contributed by atoms with E-state index < -0.39 is 0 Å². The number of phenolic OH excluding ortho intramolecular Hbond substituents is 1. The van der Waals surface area contributed by atoms with Gasteiger partial charge in [0.05, 0.1) is 0 Å². The Morgan fingerprint density at radius 2 is 1.93 bits per heavy atom. The normalized spacial score (nSPS) is 14.9. The van der Waals surface area contributed by atoms with Gasteiger partial charge in [0.15, 0.2) is 0 Å². The molecule has 84 valence electrons. The van der Waals surface area contributed by atoms with E-state index in [1.807, 2.05) is 19.1 Å². The molecule has 3 heteroatoms. The predicted molar refractivity (Wildman–Crippen MR) is 60.9 cm³/mol. The summed E-state index contributed by atoms with van der Waals surface area (Å²) in [5.74, 6) is 0.286. The molecule has 0 fully saturated rings. The van der Waals surface area contributed by atoms with Crippen LogP contribution in [0.2, 0.25) is 0 Å². The summed E-state index contributed by atoms with van der Waals surface area (Å²) >= 11 is 0. The lowest BCUT2D eigenvalue weighted by molar-refractivity contribution is 0.171. The summed E-state index contributed by atoms with van der Waals surface area (Å²) in [6.07, 6.45) is 1.61. The molecule has 0 bridgehead atoms. The van der Waals surface area contributed by atoms with Gasteiger partial charge in [-0.1, -0.05) is 12.1 Å². The van der Waals surface area contributed by atoms with Gasteiger partial charge in [0, 0.05) is 19.3 Å². The summed E-state index contributed by atoms with van der Waals surface area (Å²) in [5.41, 5.74) is 7.01. The number of nitrogens with two attached hydrogens (primary N) is 1. The first-order chi connectivity index (χ1) is 7.03. The molecule has 0 saturated heterocycles. The highest BCUT2D eigenvalue weighted by Crippen LogP contribution is 2.17. The van der Waals surface area contributed by atoms with Gasteiger partial charge in [-0.15, -0.1) is 0 Å². The third-order valence-corrected chi connectivity index (χ3v) is 2.42.